The summed E-state index contributed by atoms with van der Waals surface area (Å²) < 4.78 is 0. The number of aromatic amines is 1. The van der Waals surface area contributed by atoms with E-state index in [1.165, 1.54) is 24.1 Å². The highest BCUT2D eigenvalue weighted by Crippen LogP contribution is 2.25. The summed E-state index contributed by atoms with van der Waals surface area (Å²) in [6, 6.07) is 2.12. The first-order valence-corrected chi connectivity index (χ1v) is 5.98. The number of aryl methyl sites for hydroxylation is 2. The lowest BCUT2D eigenvalue weighted by Crippen LogP contribution is -2.22. The molecule has 0 bridgehead atoms. The van der Waals surface area contributed by atoms with E-state index < -0.39 is 0 Å². The first-order chi connectivity index (χ1) is 7.24. The fourth-order valence-electron chi connectivity index (χ4n) is 2.44. The zero-order valence-electron chi connectivity index (χ0n) is 9.60. The van der Waals surface area contributed by atoms with Crippen LogP contribution in [0.5, 0.6) is 0 Å². The maximum atomic E-state index is 11.6. The Morgan fingerprint density at radius 2 is 2.27 bits per heavy atom. The van der Waals surface area contributed by atoms with Crippen molar-refractivity contribution in [3.63, 3.8) is 0 Å². The van der Waals surface area contributed by atoms with E-state index in [1.54, 1.807) is 0 Å². The van der Waals surface area contributed by atoms with Crippen molar-refractivity contribution in [1.29, 1.82) is 0 Å². The molecular weight excluding hydrogens is 186 g/mol. The van der Waals surface area contributed by atoms with Crippen LogP contribution in [0.3, 0.4) is 0 Å². The quantitative estimate of drug-likeness (QED) is 0.790. The summed E-state index contributed by atoms with van der Waals surface area (Å²) in [5, 5.41) is 0. The maximum absolute atomic E-state index is 11.6. The van der Waals surface area contributed by atoms with Gasteiger partial charge in [-0.1, -0.05) is 20.3 Å². The van der Waals surface area contributed by atoms with Crippen molar-refractivity contribution in [2.24, 2.45) is 5.92 Å². The summed E-state index contributed by atoms with van der Waals surface area (Å²) in [5.74, 6) is 0.813. The number of pyridine rings is 1. The van der Waals surface area contributed by atoms with Gasteiger partial charge < -0.3 is 4.98 Å². The first-order valence-electron chi connectivity index (χ1n) is 5.98. The largest absolute Gasteiger partial charge is 0.326 e. The van der Waals surface area contributed by atoms with E-state index in [1.807, 2.05) is 6.92 Å². The molecule has 1 aromatic rings. The Balaban J connectivity index is 2.37. The van der Waals surface area contributed by atoms with Gasteiger partial charge in [0, 0.05) is 11.3 Å². The third-order valence-electron chi connectivity index (χ3n) is 3.56. The number of hydrogen-bond donors (Lipinski definition) is 1. The van der Waals surface area contributed by atoms with Gasteiger partial charge in [0.05, 0.1) is 0 Å². The van der Waals surface area contributed by atoms with E-state index in [0.29, 0.717) is 0 Å². The molecule has 2 nitrogen and oxygen atoms in total. The van der Waals surface area contributed by atoms with E-state index >= 15 is 0 Å². The highest BCUT2D eigenvalue weighted by Gasteiger charge is 2.18. The lowest BCUT2D eigenvalue weighted by molar-refractivity contribution is 0.439. The fraction of sp³-hybridized carbons (Fsp3) is 0.615. The molecule has 0 aromatic carbocycles. The lowest BCUT2D eigenvalue weighted by Gasteiger charge is -2.23. The molecule has 82 valence electrons. The predicted octanol–water partition coefficient (Wildman–Crippen LogP) is 2.45. The van der Waals surface area contributed by atoms with Gasteiger partial charge in [0.2, 0.25) is 0 Å². The molecule has 1 aliphatic rings. The second-order valence-electron chi connectivity index (χ2n) is 4.50. The lowest BCUT2D eigenvalue weighted by atomic mass is 9.84. The summed E-state index contributed by atoms with van der Waals surface area (Å²) in [4.78, 5) is 14.7. The summed E-state index contributed by atoms with van der Waals surface area (Å²) in [5.41, 5.74) is 3.61. The molecule has 1 aromatic heterocycles. The van der Waals surface area contributed by atoms with Gasteiger partial charge in [-0.05, 0) is 43.2 Å². The van der Waals surface area contributed by atoms with Crippen LogP contribution in [0.4, 0.5) is 0 Å². The average Bonchev–Trinajstić information content (AvgIpc) is 2.27. The van der Waals surface area contributed by atoms with Gasteiger partial charge in [0.25, 0.3) is 5.56 Å². The number of aromatic nitrogens is 1. The molecule has 2 rings (SSSR count). The summed E-state index contributed by atoms with van der Waals surface area (Å²) in [7, 11) is 0. The molecule has 1 N–H and O–H groups in total. The number of nitrogens with one attached hydrogen (secondary N) is 1. The van der Waals surface area contributed by atoms with Crippen LogP contribution in [0.2, 0.25) is 0 Å². The monoisotopic (exact) mass is 205 g/mol. The van der Waals surface area contributed by atoms with E-state index in [0.717, 1.165) is 30.7 Å². The summed E-state index contributed by atoms with van der Waals surface area (Å²) >= 11 is 0. The van der Waals surface area contributed by atoms with Gasteiger partial charge >= 0.3 is 0 Å². The Bertz CT molecular complexity index is 405. The Kier molecular flexibility index (Phi) is 2.94. The minimum atomic E-state index is 0.117. The van der Waals surface area contributed by atoms with Crippen molar-refractivity contribution in [1.82, 2.24) is 4.98 Å². The SMILES string of the molecule is CCc1cc2c([nH]c1=O)CCC(CC)C2. The van der Waals surface area contributed by atoms with E-state index in [9.17, 15) is 4.79 Å². The molecule has 2 heteroatoms. The Labute approximate surface area is 90.7 Å². The molecule has 0 amide bonds. The molecule has 0 saturated heterocycles. The number of fused-ring (bicyclic) bond motifs is 1. The van der Waals surface area contributed by atoms with Crippen LogP contribution in [0.25, 0.3) is 0 Å². The second kappa shape index (κ2) is 4.21. The molecule has 1 heterocycles. The zero-order valence-corrected chi connectivity index (χ0v) is 9.60. The smallest absolute Gasteiger partial charge is 0.251 e. The standard InChI is InChI=1S/C13H19NO/c1-3-9-5-6-12-11(7-9)8-10(4-2)13(15)14-12/h8-9H,3-7H2,1-2H3,(H,14,15). The van der Waals surface area contributed by atoms with Crippen LogP contribution < -0.4 is 5.56 Å². The van der Waals surface area contributed by atoms with Crippen LogP contribution in [-0.2, 0) is 19.3 Å². The highest BCUT2D eigenvalue weighted by molar-refractivity contribution is 5.28. The maximum Gasteiger partial charge on any atom is 0.251 e. The highest BCUT2D eigenvalue weighted by atomic mass is 16.1. The van der Waals surface area contributed by atoms with Gasteiger partial charge in [-0.25, -0.2) is 0 Å². The number of hydrogen-bond acceptors (Lipinski definition) is 1. The molecule has 0 radical (unpaired) electrons. The topological polar surface area (TPSA) is 32.9 Å². The minimum Gasteiger partial charge on any atom is -0.326 e. The van der Waals surface area contributed by atoms with Crippen LogP contribution >= 0.6 is 0 Å². The van der Waals surface area contributed by atoms with Crippen molar-refractivity contribution >= 4 is 0 Å². The first kappa shape index (κ1) is 10.5. The molecule has 1 unspecified atom stereocenters. The zero-order chi connectivity index (χ0) is 10.8. The van der Waals surface area contributed by atoms with Crippen molar-refractivity contribution in [2.75, 3.05) is 0 Å². The van der Waals surface area contributed by atoms with Crippen LogP contribution in [-0.4, -0.2) is 4.98 Å². The third kappa shape index (κ3) is 1.99. The van der Waals surface area contributed by atoms with Gasteiger partial charge in [0.15, 0.2) is 0 Å². The van der Waals surface area contributed by atoms with Crippen LogP contribution in [0.1, 0.15) is 43.5 Å². The van der Waals surface area contributed by atoms with Crippen molar-refractivity contribution in [3.8, 4) is 0 Å². The fourth-order valence-corrected chi connectivity index (χ4v) is 2.44. The predicted molar refractivity (Wildman–Crippen MR) is 62.2 cm³/mol. The van der Waals surface area contributed by atoms with Gasteiger partial charge in [-0.15, -0.1) is 0 Å². The molecule has 0 fully saturated rings. The minimum absolute atomic E-state index is 0.117. The van der Waals surface area contributed by atoms with Crippen LogP contribution in [0, 0.1) is 5.92 Å². The third-order valence-corrected chi connectivity index (χ3v) is 3.56. The van der Waals surface area contributed by atoms with E-state index in [4.69, 9.17) is 0 Å². The molecule has 0 saturated carbocycles. The molecule has 15 heavy (non-hydrogen) atoms. The molecular formula is C13H19NO. The summed E-state index contributed by atoms with van der Waals surface area (Å²) in [6.07, 6.45) is 5.51. The van der Waals surface area contributed by atoms with E-state index in [-0.39, 0.29) is 5.56 Å². The van der Waals surface area contributed by atoms with Crippen molar-refractivity contribution in [3.05, 3.63) is 33.2 Å². The number of H-pyrrole nitrogens is 1. The molecule has 1 aliphatic carbocycles. The van der Waals surface area contributed by atoms with Gasteiger partial charge in [0.1, 0.15) is 0 Å². The summed E-state index contributed by atoms with van der Waals surface area (Å²) in [6.45, 7) is 4.29. The van der Waals surface area contributed by atoms with E-state index in [2.05, 4.69) is 18.0 Å². The average molecular weight is 205 g/mol. The Hall–Kier alpha value is -1.05. The Morgan fingerprint density at radius 1 is 1.47 bits per heavy atom. The normalized spacial score (nSPS) is 20.0. The second-order valence-corrected chi connectivity index (χ2v) is 4.50. The van der Waals surface area contributed by atoms with Gasteiger partial charge in [-0.3, -0.25) is 4.79 Å². The number of rotatable bonds is 2. The van der Waals surface area contributed by atoms with Crippen molar-refractivity contribution in [2.45, 2.75) is 46.0 Å². The van der Waals surface area contributed by atoms with Gasteiger partial charge in [-0.2, -0.15) is 0 Å². The molecule has 1 atom stereocenters. The molecule has 0 spiro atoms. The Morgan fingerprint density at radius 3 is 2.93 bits per heavy atom. The molecule has 0 aliphatic heterocycles. The van der Waals surface area contributed by atoms with Crippen LogP contribution in [0.15, 0.2) is 10.9 Å². The van der Waals surface area contributed by atoms with Crippen molar-refractivity contribution < 1.29 is 0 Å².